The molecule has 0 aliphatic carbocycles. The summed E-state index contributed by atoms with van der Waals surface area (Å²) in [5.41, 5.74) is 7.58. The number of benzene rings is 1. The first-order valence-electron chi connectivity index (χ1n) is 6.95. The Bertz CT molecular complexity index is 925. The predicted molar refractivity (Wildman–Crippen MR) is 90.3 cm³/mol. The van der Waals surface area contributed by atoms with Gasteiger partial charge in [-0.3, -0.25) is 4.57 Å². The second-order valence-electron chi connectivity index (χ2n) is 4.82. The largest absolute Gasteiger partial charge is 0.382 e. The molecule has 8 heteroatoms. The first kappa shape index (κ1) is 15.1. The number of H-pyrrole nitrogens is 1. The lowest BCUT2D eigenvalue weighted by Gasteiger charge is -2.05. The number of nitrogens with one attached hydrogen (secondary N) is 1. The Morgan fingerprint density at radius 3 is 2.83 bits per heavy atom. The number of nitrogens with two attached hydrogens (primary N) is 1. The van der Waals surface area contributed by atoms with Gasteiger partial charge in [0.25, 0.3) is 0 Å². The van der Waals surface area contributed by atoms with Gasteiger partial charge in [-0.2, -0.15) is 0 Å². The maximum Gasteiger partial charge on any atom is 0.328 e. The Balaban J connectivity index is 2.02. The Morgan fingerprint density at radius 2 is 2.09 bits per heavy atom. The van der Waals surface area contributed by atoms with Crippen molar-refractivity contribution in [1.82, 2.24) is 19.5 Å². The van der Waals surface area contributed by atoms with Crippen molar-refractivity contribution >= 4 is 28.7 Å². The molecule has 0 bridgehead atoms. The van der Waals surface area contributed by atoms with E-state index in [0.717, 1.165) is 5.56 Å². The fraction of sp³-hybridized carbons (Fsp3) is 0.200. The molecule has 0 radical (unpaired) electrons. The van der Waals surface area contributed by atoms with E-state index in [9.17, 15) is 4.79 Å². The number of aromatic nitrogens is 4. The van der Waals surface area contributed by atoms with E-state index in [4.69, 9.17) is 12.3 Å². The number of nitrogen functional groups attached to an aromatic ring is 1. The molecule has 116 valence electrons. The topological polar surface area (TPSA) is 94.0 Å². The predicted octanol–water partition coefficient (Wildman–Crippen LogP) is 1.76. The van der Waals surface area contributed by atoms with Crippen LogP contribution in [-0.4, -0.2) is 31.8 Å². The van der Waals surface area contributed by atoms with Crippen LogP contribution in [0.25, 0.3) is 16.0 Å². The highest BCUT2D eigenvalue weighted by Crippen LogP contribution is 2.20. The van der Waals surface area contributed by atoms with Gasteiger partial charge in [0.2, 0.25) is 6.54 Å². The average molecular weight is 326 g/mol. The van der Waals surface area contributed by atoms with Gasteiger partial charge in [0.05, 0.1) is 12.3 Å². The molecule has 0 saturated heterocycles. The van der Waals surface area contributed by atoms with Gasteiger partial charge in [-0.25, -0.2) is 21.3 Å². The molecule has 1 aromatic carbocycles. The van der Waals surface area contributed by atoms with Crippen molar-refractivity contribution in [3.05, 3.63) is 57.8 Å². The first-order chi connectivity index (χ1) is 11.2. The molecular formula is C15H14N6OS. The van der Waals surface area contributed by atoms with Crippen LogP contribution in [-0.2, 0) is 6.54 Å². The molecule has 7 nitrogen and oxygen atoms in total. The summed E-state index contributed by atoms with van der Waals surface area (Å²) in [6.07, 6.45) is 0. The highest BCUT2D eigenvalue weighted by atomic mass is 32.2. The number of hydrogen-bond acceptors (Lipinski definition) is 5. The number of thioether (sulfide) groups is 1. The molecule has 0 aliphatic rings. The van der Waals surface area contributed by atoms with E-state index in [2.05, 4.69) is 19.8 Å². The van der Waals surface area contributed by atoms with Crippen LogP contribution >= 0.6 is 11.8 Å². The molecule has 0 spiro atoms. The van der Waals surface area contributed by atoms with Crippen molar-refractivity contribution < 1.29 is 0 Å². The zero-order valence-corrected chi connectivity index (χ0v) is 13.0. The van der Waals surface area contributed by atoms with Crippen molar-refractivity contribution in [2.45, 2.75) is 11.7 Å². The maximum absolute atomic E-state index is 12.2. The van der Waals surface area contributed by atoms with Crippen LogP contribution in [0.2, 0.25) is 0 Å². The summed E-state index contributed by atoms with van der Waals surface area (Å²) < 4.78 is 1.54. The fourth-order valence-corrected chi connectivity index (χ4v) is 2.87. The molecule has 3 N–H and O–H groups in total. The van der Waals surface area contributed by atoms with Gasteiger partial charge in [-0.15, -0.1) is 0 Å². The minimum absolute atomic E-state index is 0.240. The lowest BCUT2D eigenvalue weighted by molar-refractivity contribution is 0.771. The Kier molecular flexibility index (Phi) is 4.30. The van der Waals surface area contributed by atoms with Crippen molar-refractivity contribution in [2.24, 2.45) is 0 Å². The number of fused-ring (bicyclic) bond motifs is 1. The van der Waals surface area contributed by atoms with Crippen LogP contribution in [0.15, 0.2) is 40.3 Å². The number of hydrogen-bond donors (Lipinski definition) is 2. The number of nitrogens with zero attached hydrogens (tertiary/aromatic N) is 4. The third-order valence-electron chi connectivity index (χ3n) is 3.25. The molecule has 0 saturated carbocycles. The van der Waals surface area contributed by atoms with Crippen LogP contribution in [0, 0.1) is 6.57 Å². The van der Waals surface area contributed by atoms with Crippen LogP contribution < -0.4 is 11.4 Å². The molecule has 0 amide bonds. The second kappa shape index (κ2) is 6.54. The summed E-state index contributed by atoms with van der Waals surface area (Å²) in [5, 5.41) is 0.472. The zero-order chi connectivity index (χ0) is 16.2. The van der Waals surface area contributed by atoms with Gasteiger partial charge in [-0.1, -0.05) is 42.1 Å². The number of rotatable bonds is 5. The van der Waals surface area contributed by atoms with Gasteiger partial charge in [0.1, 0.15) is 5.52 Å². The molecule has 2 heterocycles. The quantitative estimate of drug-likeness (QED) is 0.322. The SMILES string of the molecule is [C-]#[N+]CCSc1nc(N)c2[nH]c(=O)n(Cc3ccccc3)c2n1. The van der Waals surface area contributed by atoms with Crippen molar-refractivity contribution in [1.29, 1.82) is 0 Å². The van der Waals surface area contributed by atoms with Crippen LogP contribution in [0.5, 0.6) is 0 Å². The van der Waals surface area contributed by atoms with Gasteiger partial charge < -0.3 is 15.6 Å². The molecule has 3 aromatic rings. The van der Waals surface area contributed by atoms with Crippen LogP contribution in [0.4, 0.5) is 5.82 Å². The second-order valence-corrected chi connectivity index (χ2v) is 5.88. The summed E-state index contributed by atoms with van der Waals surface area (Å²) in [7, 11) is 0. The summed E-state index contributed by atoms with van der Waals surface area (Å²) >= 11 is 1.35. The highest BCUT2D eigenvalue weighted by molar-refractivity contribution is 7.99. The molecule has 0 fully saturated rings. The van der Waals surface area contributed by atoms with Gasteiger partial charge in [0, 0.05) is 0 Å². The molecule has 0 aliphatic heterocycles. The van der Waals surface area contributed by atoms with Gasteiger partial charge in [0.15, 0.2) is 16.6 Å². The van der Waals surface area contributed by atoms with Crippen LogP contribution in [0.3, 0.4) is 0 Å². The normalized spacial score (nSPS) is 10.7. The molecular weight excluding hydrogens is 312 g/mol. The molecule has 0 unspecified atom stereocenters. The summed E-state index contributed by atoms with van der Waals surface area (Å²) in [5.74, 6) is 0.825. The molecule has 0 atom stereocenters. The summed E-state index contributed by atoms with van der Waals surface area (Å²) in [6, 6.07) is 9.66. The number of imidazole rings is 1. The van der Waals surface area contributed by atoms with E-state index < -0.39 is 0 Å². The average Bonchev–Trinajstić information content (AvgIpc) is 2.86. The lowest BCUT2D eigenvalue weighted by Crippen LogP contribution is -2.17. The zero-order valence-electron chi connectivity index (χ0n) is 12.2. The van der Waals surface area contributed by atoms with E-state index in [1.54, 1.807) is 4.57 Å². The highest BCUT2D eigenvalue weighted by Gasteiger charge is 2.14. The van der Waals surface area contributed by atoms with E-state index in [-0.39, 0.29) is 11.5 Å². The smallest absolute Gasteiger partial charge is 0.328 e. The van der Waals surface area contributed by atoms with E-state index in [1.807, 2.05) is 30.3 Å². The van der Waals surface area contributed by atoms with Crippen molar-refractivity contribution in [3.8, 4) is 0 Å². The minimum Gasteiger partial charge on any atom is -0.382 e. The first-order valence-corrected chi connectivity index (χ1v) is 7.93. The number of anilines is 1. The molecule has 2 aromatic heterocycles. The van der Waals surface area contributed by atoms with E-state index in [1.165, 1.54) is 11.8 Å². The van der Waals surface area contributed by atoms with Crippen molar-refractivity contribution in [2.75, 3.05) is 18.0 Å². The van der Waals surface area contributed by atoms with Gasteiger partial charge in [-0.05, 0) is 5.56 Å². The minimum atomic E-state index is -0.270. The third-order valence-corrected chi connectivity index (χ3v) is 4.08. The monoisotopic (exact) mass is 326 g/mol. The third kappa shape index (κ3) is 3.19. The van der Waals surface area contributed by atoms with E-state index >= 15 is 0 Å². The molecule has 23 heavy (non-hydrogen) atoms. The Morgan fingerprint density at radius 1 is 1.30 bits per heavy atom. The Labute approximate surface area is 136 Å². The number of aromatic amines is 1. The summed E-state index contributed by atoms with van der Waals surface area (Å²) in [6.45, 7) is 7.59. The lowest BCUT2D eigenvalue weighted by atomic mass is 10.2. The molecule has 3 rings (SSSR count). The Hall–Kier alpha value is -2.79. The standard InChI is InChI=1S/C15H14N6OS/c1-17-7-8-23-14-19-12(16)11-13(20-14)21(15(22)18-11)9-10-5-3-2-4-6-10/h2-6H,7-9H2,(H,18,22)(H2,16,19,20). The summed E-state index contributed by atoms with van der Waals surface area (Å²) in [4.78, 5) is 26.8. The maximum atomic E-state index is 12.2. The van der Waals surface area contributed by atoms with Crippen molar-refractivity contribution in [3.63, 3.8) is 0 Å². The van der Waals surface area contributed by atoms with Crippen LogP contribution in [0.1, 0.15) is 5.56 Å². The fourth-order valence-electron chi connectivity index (χ4n) is 2.19. The van der Waals surface area contributed by atoms with E-state index in [0.29, 0.717) is 35.2 Å². The van der Waals surface area contributed by atoms with Gasteiger partial charge >= 0.3 is 5.69 Å².